The highest BCUT2D eigenvalue weighted by Gasteiger charge is 2.06. The average molecular weight is 215 g/mol. The van der Waals surface area contributed by atoms with Gasteiger partial charge in [-0.25, -0.2) is 0 Å². The van der Waals surface area contributed by atoms with Crippen molar-refractivity contribution in [3.63, 3.8) is 0 Å². The van der Waals surface area contributed by atoms with E-state index in [1.54, 1.807) is 18.2 Å². The van der Waals surface area contributed by atoms with Crippen LogP contribution in [0, 0.1) is 0 Å². The third-order valence-corrected chi connectivity index (χ3v) is 1.95. The van der Waals surface area contributed by atoms with E-state index in [1.165, 1.54) is 0 Å². The molecule has 0 bridgehead atoms. The van der Waals surface area contributed by atoms with Gasteiger partial charge in [0.15, 0.2) is 5.84 Å². The number of benzene rings is 1. The summed E-state index contributed by atoms with van der Waals surface area (Å²) in [6.07, 6.45) is 0. The molecule has 0 fully saturated rings. The highest BCUT2D eigenvalue weighted by Crippen LogP contribution is 2.22. The van der Waals surface area contributed by atoms with Gasteiger partial charge in [-0.3, -0.25) is 0 Å². The molecule has 1 aromatic rings. The van der Waals surface area contributed by atoms with Gasteiger partial charge in [0.1, 0.15) is 5.75 Å². The molecule has 0 amide bonds. The largest absolute Gasteiger partial charge is 0.494 e. The summed E-state index contributed by atoms with van der Waals surface area (Å²) >= 11 is 5.89. The molecule has 76 valence electrons. The highest BCUT2D eigenvalue weighted by atomic mass is 35.5. The van der Waals surface area contributed by atoms with Gasteiger partial charge in [0, 0.05) is 5.56 Å². The summed E-state index contributed by atoms with van der Waals surface area (Å²) in [6.45, 7) is 2.45. The van der Waals surface area contributed by atoms with Crippen molar-refractivity contribution in [1.29, 1.82) is 0 Å². The monoisotopic (exact) mass is 214 g/mol. The normalized spacial score (nSPS) is 11.4. The van der Waals surface area contributed by atoms with Crippen LogP contribution in [0.3, 0.4) is 0 Å². The van der Waals surface area contributed by atoms with Gasteiger partial charge < -0.3 is 15.7 Å². The van der Waals surface area contributed by atoms with Crippen LogP contribution in [0.25, 0.3) is 0 Å². The summed E-state index contributed by atoms with van der Waals surface area (Å²) in [5, 5.41) is 11.7. The molecule has 0 aliphatic heterocycles. The zero-order valence-electron chi connectivity index (χ0n) is 7.70. The molecule has 3 N–H and O–H groups in total. The van der Waals surface area contributed by atoms with Crippen molar-refractivity contribution in [3.8, 4) is 5.75 Å². The fourth-order valence-corrected chi connectivity index (χ4v) is 1.28. The molecule has 1 rings (SSSR count). The molecule has 0 radical (unpaired) electrons. The molecule has 0 unspecified atom stereocenters. The minimum atomic E-state index is -0.0157. The zero-order valence-corrected chi connectivity index (χ0v) is 8.45. The smallest absolute Gasteiger partial charge is 0.171 e. The van der Waals surface area contributed by atoms with Crippen LogP contribution in [0.1, 0.15) is 12.5 Å². The fourth-order valence-electron chi connectivity index (χ4n) is 1.01. The molecule has 14 heavy (non-hydrogen) atoms. The maximum absolute atomic E-state index is 8.46. The highest BCUT2D eigenvalue weighted by molar-refractivity contribution is 6.34. The lowest BCUT2D eigenvalue weighted by molar-refractivity contribution is 0.318. The minimum absolute atomic E-state index is 0.0157. The summed E-state index contributed by atoms with van der Waals surface area (Å²) in [4.78, 5) is 0. The van der Waals surface area contributed by atoms with Crippen LogP contribution in [0.15, 0.2) is 23.4 Å². The van der Waals surface area contributed by atoms with Gasteiger partial charge in [0.25, 0.3) is 0 Å². The van der Waals surface area contributed by atoms with Gasteiger partial charge >= 0.3 is 0 Å². The predicted octanol–water partition coefficient (Wildman–Crippen LogP) is 1.83. The fraction of sp³-hybridized carbons (Fsp3) is 0.222. The van der Waals surface area contributed by atoms with Crippen LogP contribution in [-0.2, 0) is 0 Å². The number of halogens is 1. The van der Waals surface area contributed by atoms with Crippen molar-refractivity contribution in [2.75, 3.05) is 6.61 Å². The Hall–Kier alpha value is -1.42. The van der Waals surface area contributed by atoms with Gasteiger partial charge in [-0.2, -0.15) is 0 Å². The number of hydrogen-bond donors (Lipinski definition) is 2. The first-order chi connectivity index (χ1) is 6.69. The van der Waals surface area contributed by atoms with Crippen LogP contribution in [0.5, 0.6) is 5.75 Å². The second-order valence-corrected chi connectivity index (χ2v) is 2.97. The number of rotatable bonds is 3. The molecule has 0 heterocycles. The number of ether oxygens (including phenoxy) is 1. The Labute approximate surface area is 86.9 Å². The number of hydrogen-bond acceptors (Lipinski definition) is 3. The van der Waals surface area contributed by atoms with Crippen molar-refractivity contribution in [3.05, 3.63) is 28.8 Å². The third kappa shape index (κ3) is 2.29. The third-order valence-electron chi connectivity index (χ3n) is 1.64. The Morgan fingerprint density at radius 2 is 2.36 bits per heavy atom. The van der Waals surface area contributed by atoms with E-state index in [0.29, 0.717) is 22.9 Å². The molecule has 5 heteroatoms. The summed E-state index contributed by atoms with van der Waals surface area (Å²) in [5.74, 6) is 0.644. The van der Waals surface area contributed by atoms with Crippen molar-refractivity contribution >= 4 is 17.4 Å². The topological polar surface area (TPSA) is 67.8 Å². The molecule has 0 aliphatic rings. The Bertz CT molecular complexity index is 353. The van der Waals surface area contributed by atoms with Gasteiger partial charge in [-0.15, -0.1) is 0 Å². The first kappa shape index (κ1) is 10.7. The van der Waals surface area contributed by atoms with E-state index in [4.69, 9.17) is 27.3 Å². The molecular weight excluding hydrogens is 204 g/mol. The number of nitrogens with two attached hydrogens (primary N) is 1. The Morgan fingerprint density at radius 3 is 2.86 bits per heavy atom. The number of nitrogens with zero attached hydrogens (tertiary/aromatic N) is 1. The van der Waals surface area contributed by atoms with E-state index in [0.717, 1.165) is 0 Å². The van der Waals surface area contributed by atoms with E-state index in [1.807, 2.05) is 6.92 Å². The molecule has 0 aliphatic carbocycles. The second-order valence-electron chi connectivity index (χ2n) is 2.56. The SMILES string of the molecule is CCOc1ccc(C(N)=NO)c(Cl)c1. The Morgan fingerprint density at radius 1 is 1.64 bits per heavy atom. The molecule has 0 saturated heterocycles. The van der Waals surface area contributed by atoms with E-state index in [9.17, 15) is 0 Å². The quantitative estimate of drug-likeness (QED) is 0.349. The van der Waals surface area contributed by atoms with E-state index >= 15 is 0 Å². The minimum Gasteiger partial charge on any atom is -0.494 e. The van der Waals surface area contributed by atoms with Gasteiger partial charge in [0.05, 0.1) is 11.6 Å². The molecule has 0 aromatic heterocycles. The van der Waals surface area contributed by atoms with E-state index < -0.39 is 0 Å². The van der Waals surface area contributed by atoms with Crippen LogP contribution in [0.2, 0.25) is 5.02 Å². The molecule has 1 aromatic carbocycles. The van der Waals surface area contributed by atoms with Crippen molar-refractivity contribution in [1.82, 2.24) is 0 Å². The van der Waals surface area contributed by atoms with Crippen LogP contribution >= 0.6 is 11.6 Å². The maximum Gasteiger partial charge on any atom is 0.171 e. The lowest BCUT2D eigenvalue weighted by Gasteiger charge is -2.06. The molecule has 0 spiro atoms. The lowest BCUT2D eigenvalue weighted by Crippen LogP contribution is -2.13. The average Bonchev–Trinajstić information content (AvgIpc) is 2.17. The molecule has 0 atom stereocenters. The summed E-state index contributed by atoms with van der Waals surface area (Å²) in [7, 11) is 0. The zero-order chi connectivity index (χ0) is 10.6. The van der Waals surface area contributed by atoms with E-state index in [2.05, 4.69) is 5.16 Å². The lowest BCUT2D eigenvalue weighted by atomic mass is 10.2. The number of amidine groups is 1. The standard InChI is InChI=1S/C9H11ClN2O2/c1-2-14-6-3-4-7(8(10)5-6)9(11)12-13/h3-5,13H,2H2,1H3,(H2,11,12). The first-order valence-electron chi connectivity index (χ1n) is 4.09. The Kier molecular flexibility index (Phi) is 3.59. The van der Waals surface area contributed by atoms with Crippen LogP contribution in [-0.4, -0.2) is 17.6 Å². The summed E-state index contributed by atoms with van der Waals surface area (Å²) in [6, 6.07) is 4.98. The van der Waals surface area contributed by atoms with Crippen molar-refractivity contribution in [2.24, 2.45) is 10.9 Å². The van der Waals surface area contributed by atoms with E-state index in [-0.39, 0.29) is 5.84 Å². The predicted molar refractivity (Wildman–Crippen MR) is 55.1 cm³/mol. The van der Waals surface area contributed by atoms with Crippen LogP contribution < -0.4 is 10.5 Å². The molecular formula is C9H11ClN2O2. The Balaban J connectivity index is 3.01. The summed E-state index contributed by atoms with van der Waals surface area (Å²) < 4.78 is 5.23. The van der Waals surface area contributed by atoms with Gasteiger partial charge in [0.2, 0.25) is 0 Å². The van der Waals surface area contributed by atoms with Crippen LogP contribution in [0.4, 0.5) is 0 Å². The van der Waals surface area contributed by atoms with Gasteiger partial charge in [-0.1, -0.05) is 16.8 Å². The van der Waals surface area contributed by atoms with Crippen molar-refractivity contribution in [2.45, 2.75) is 6.92 Å². The van der Waals surface area contributed by atoms with Gasteiger partial charge in [-0.05, 0) is 25.1 Å². The first-order valence-corrected chi connectivity index (χ1v) is 4.47. The molecule has 4 nitrogen and oxygen atoms in total. The molecule has 0 saturated carbocycles. The summed E-state index contributed by atoms with van der Waals surface area (Å²) in [5.41, 5.74) is 5.88. The second kappa shape index (κ2) is 4.72. The van der Waals surface area contributed by atoms with Crippen molar-refractivity contribution < 1.29 is 9.94 Å². The maximum atomic E-state index is 8.46. The number of oxime groups is 1.